The molecule has 1 aromatic rings. The maximum absolute atomic E-state index is 11.7. The van der Waals surface area contributed by atoms with Crippen molar-refractivity contribution in [1.82, 2.24) is 0 Å². The van der Waals surface area contributed by atoms with Crippen LogP contribution in [0.2, 0.25) is 0 Å². The first-order chi connectivity index (χ1) is 8.21. The van der Waals surface area contributed by atoms with Crippen LogP contribution < -0.4 is 5.14 Å². The van der Waals surface area contributed by atoms with Crippen molar-refractivity contribution < 1.29 is 17.9 Å². The van der Waals surface area contributed by atoms with Gasteiger partial charge in [0.1, 0.15) is 6.61 Å². The lowest BCUT2D eigenvalue weighted by Crippen LogP contribution is -2.14. The zero-order chi connectivity index (χ0) is 13.9. The third-order valence-corrected chi connectivity index (χ3v) is 3.56. The van der Waals surface area contributed by atoms with Crippen LogP contribution >= 0.6 is 27.5 Å². The van der Waals surface area contributed by atoms with E-state index in [1.807, 2.05) is 0 Å². The summed E-state index contributed by atoms with van der Waals surface area (Å²) in [7, 11) is -3.88. The highest BCUT2D eigenvalue weighted by Crippen LogP contribution is 2.21. The summed E-state index contributed by atoms with van der Waals surface area (Å²) in [5.41, 5.74) is 0.0411. The molecule has 1 rings (SSSR count). The van der Waals surface area contributed by atoms with E-state index in [0.29, 0.717) is 4.47 Å². The van der Waals surface area contributed by atoms with Crippen LogP contribution in [0.1, 0.15) is 10.4 Å². The number of sulfonamides is 1. The minimum atomic E-state index is -3.88. The number of hydrogen-bond acceptors (Lipinski definition) is 4. The first-order valence-corrected chi connectivity index (χ1v) is 7.26. The Morgan fingerprint density at radius 1 is 1.50 bits per heavy atom. The monoisotopic (exact) mass is 353 g/mol. The largest absolute Gasteiger partial charge is 0.456 e. The summed E-state index contributed by atoms with van der Waals surface area (Å²) >= 11 is 8.57. The number of hydrogen-bond donors (Lipinski definition) is 1. The molecule has 18 heavy (non-hydrogen) atoms. The molecule has 0 radical (unpaired) electrons. The second kappa shape index (κ2) is 5.83. The van der Waals surface area contributed by atoms with Gasteiger partial charge in [-0.25, -0.2) is 18.4 Å². The van der Waals surface area contributed by atoms with Gasteiger partial charge in [-0.2, -0.15) is 0 Å². The topological polar surface area (TPSA) is 86.5 Å². The van der Waals surface area contributed by atoms with Gasteiger partial charge < -0.3 is 4.74 Å². The minimum absolute atomic E-state index is 0.0411. The Bertz CT molecular complexity index is 600. The van der Waals surface area contributed by atoms with Crippen molar-refractivity contribution in [2.45, 2.75) is 4.90 Å². The standard InChI is InChI=1S/C10H9BrClNO4S/c1-6(12)5-17-10(14)8-4-7(18(13,15)16)2-3-9(8)11/h2-4H,1,5H2,(H2,13,15,16). The number of esters is 1. The third-order valence-electron chi connectivity index (χ3n) is 1.85. The predicted octanol–water partition coefficient (Wildman–Crippen LogP) is 2.01. The van der Waals surface area contributed by atoms with Gasteiger partial charge in [-0.1, -0.05) is 18.2 Å². The Labute approximate surface area is 118 Å². The quantitative estimate of drug-likeness (QED) is 0.838. The lowest BCUT2D eigenvalue weighted by Gasteiger charge is -2.07. The van der Waals surface area contributed by atoms with E-state index in [1.165, 1.54) is 12.1 Å². The molecule has 5 nitrogen and oxygen atoms in total. The summed E-state index contributed by atoms with van der Waals surface area (Å²) in [6.07, 6.45) is 0. The Balaban J connectivity index is 3.08. The molecular weight excluding hydrogens is 346 g/mol. The molecule has 98 valence electrons. The number of ether oxygens (including phenoxy) is 1. The molecule has 0 aliphatic rings. The number of primary sulfonamides is 1. The van der Waals surface area contributed by atoms with Gasteiger partial charge in [0.25, 0.3) is 0 Å². The molecule has 0 unspecified atom stereocenters. The summed E-state index contributed by atoms with van der Waals surface area (Å²) in [5, 5.41) is 5.12. The van der Waals surface area contributed by atoms with Gasteiger partial charge in [0.15, 0.2) is 0 Å². The SMILES string of the molecule is C=C(Cl)COC(=O)c1cc(S(N)(=O)=O)ccc1Br. The Morgan fingerprint density at radius 2 is 2.11 bits per heavy atom. The molecule has 0 aliphatic carbocycles. The van der Waals surface area contributed by atoms with Crippen molar-refractivity contribution in [3.8, 4) is 0 Å². The van der Waals surface area contributed by atoms with Gasteiger partial charge in [0.05, 0.1) is 10.5 Å². The van der Waals surface area contributed by atoms with Crippen molar-refractivity contribution in [1.29, 1.82) is 0 Å². The zero-order valence-electron chi connectivity index (χ0n) is 9.02. The molecule has 8 heteroatoms. The molecule has 0 saturated heterocycles. The van der Waals surface area contributed by atoms with E-state index in [-0.39, 0.29) is 22.1 Å². The van der Waals surface area contributed by atoms with E-state index < -0.39 is 16.0 Å². The second-order valence-electron chi connectivity index (χ2n) is 3.28. The van der Waals surface area contributed by atoms with Crippen molar-refractivity contribution >= 4 is 43.5 Å². The van der Waals surface area contributed by atoms with Crippen LogP contribution in [0.3, 0.4) is 0 Å². The van der Waals surface area contributed by atoms with Crippen LogP contribution in [0.15, 0.2) is 39.2 Å². The number of carbonyl (C=O) groups excluding carboxylic acids is 1. The summed E-state index contributed by atoms with van der Waals surface area (Å²) in [6.45, 7) is 3.20. The normalized spacial score (nSPS) is 11.1. The van der Waals surface area contributed by atoms with Gasteiger partial charge in [0.2, 0.25) is 10.0 Å². The van der Waals surface area contributed by atoms with E-state index >= 15 is 0 Å². The second-order valence-corrected chi connectivity index (χ2v) is 6.23. The number of benzene rings is 1. The summed E-state index contributed by atoms with van der Waals surface area (Å²) in [6, 6.07) is 3.79. The van der Waals surface area contributed by atoms with E-state index in [2.05, 4.69) is 22.5 Å². The molecular formula is C10H9BrClNO4S. The fraction of sp³-hybridized carbons (Fsp3) is 0.100. The lowest BCUT2D eigenvalue weighted by atomic mass is 10.2. The fourth-order valence-corrected chi connectivity index (χ4v) is 2.06. The number of nitrogens with two attached hydrogens (primary N) is 1. The number of rotatable bonds is 4. The Morgan fingerprint density at radius 3 is 2.61 bits per heavy atom. The van der Waals surface area contributed by atoms with Crippen molar-refractivity contribution in [2.75, 3.05) is 6.61 Å². The molecule has 0 fully saturated rings. The maximum atomic E-state index is 11.7. The van der Waals surface area contributed by atoms with Gasteiger partial charge in [-0.15, -0.1) is 0 Å². The molecule has 0 spiro atoms. The highest BCUT2D eigenvalue weighted by Gasteiger charge is 2.16. The minimum Gasteiger partial charge on any atom is -0.456 e. The Kier molecular flexibility index (Phi) is 4.92. The first kappa shape index (κ1) is 15.2. The highest BCUT2D eigenvalue weighted by molar-refractivity contribution is 9.10. The zero-order valence-corrected chi connectivity index (χ0v) is 12.2. The van der Waals surface area contributed by atoms with E-state index in [0.717, 1.165) is 6.07 Å². The van der Waals surface area contributed by atoms with Crippen LogP contribution in [-0.2, 0) is 14.8 Å². The Hall–Kier alpha value is -0.890. The average Bonchev–Trinajstić information content (AvgIpc) is 2.24. The van der Waals surface area contributed by atoms with Crippen LogP contribution in [0.25, 0.3) is 0 Å². The molecule has 0 amide bonds. The lowest BCUT2D eigenvalue weighted by molar-refractivity contribution is 0.0545. The van der Waals surface area contributed by atoms with E-state index in [9.17, 15) is 13.2 Å². The average molecular weight is 355 g/mol. The smallest absolute Gasteiger partial charge is 0.339 e. The van der Waals surface area contributed by atoms with Crippen molar-refractivity contribution in [3.05, 3.63) is 39.8 Å². The maximum Gasteiger partial charge on any atom is 0.339 e. The fourth-order valence-electron chi connectivity index (χ4n) is 1.06. The van der Waals surface area contributed by atoms with Crippen molar-refractivity contribution in [3.63, 3.8) is 0 Å². The number of halogens is 2. The third kappa shape index (κ3) is 4.09. The summed E-state index contributed by atoms with van der Waals surface area (Å²) < 4.78 is 27.5. The highest BCUT2D eigenvalue weighted by atomic mass is 79.9. The molecule has 2 N–H and O–H groups in total. The summed E-state index contributed by atoms with van der Waals surface area (Å²) in [5.74, 6) is -0.728. The molecule has 0 aliphatic heterocycles. The van der Waals surface area contributed by atoms with Crippen LogP contribution in [0.4, 0.5) is 0 Å². The van der Waals surface area contributed by atoms with Crippen LogP contribution in [0.5, 0.6) is 0 Å². The van der Waals surface area contributed by atoms with E-state index in [1.54, 1.807) is 0 Å². The molecule has 1 aromatic carbocycles. The van der Waals surface area contributed by atoms with Gasteiger partial charge in [-0.3, -0.25) is 0 Å². The van der Waals surface area contributed by atoms with Gasteiger partial charge in [0, 0.05) is 9.51 Å². The first-order valence-electron chi connectivity index (χ1n) is 4.54. The molecule has 0 bridgehead atoms. The van der Waals surface area contributed by atoms with Crippen LogP contribution in [0, 0.1) is 0 Å². The predicted molar refractivity (Wildman–Crippen MR) is 70.8 cm³/mol. The molecule has 0 heterocycles. The molecule has 0 aromatic heterocycles. The number of carbonyl (C=O) groups is 1. The molecule has 0 saturated carbocycles. The van der Waals surface area contributed by atoms with Gasteiger partial charge >= 0.3 is 5.97 Å². The van der Waals surface area contributed by atoms with Crippen molar-refractivity contribution in [2.24, 2.45) is 5.14 Å². The van der Waals surface area contributed by atoms with Gasteiger partial charge in [-0.05, 0) is 34.1 Å². The van der Waals surface area contributed by atoms with E-state index in [4.69, 9.17) is 21.5 Å². The summed E-state index contributed by atoms with van der Waals surface area (Å²) in [4.78, 5) is 11.5. The van der Waals surface area contributed by atoms with Crippen LogP contribution in [-0.4, -0.2) is 21.0 Å². The molecule has 0 atom stereocenters.